The van der Waals surface area contributed by atoms with Gasteiger partial charge in [0.15, 0.2) is 0 Å². The van der Waals surface area contributed by atoms with Gasteiger partial charge in [-0.25, -0.2) is 0 Å². The molecule has 0 aromatic carbocycles. The van der Waals surface area contributed by atoms with Gasteiger partial charge in [-0.15, -0.1) is 0 Å². The van der Waals surface area contributed by atoms with Crippen molar-refractivity contribution in [3.63, 3.8) is 0 Å². The summed E-state index contributed by atoms with van der Waals surface area (Å²) in [6, 6.07) is 0.0364. The normalized spacial score (nSPS) is 27.9. The second kappa shape index (κ2) is 6.59. The molecule has 2 unspecified atom stereocenters. The highest BCUT2D eigenvalue weighted by Crippen LogP contribution is 2.37. The predicted molar refractivity (Wildman–Crippen MR) is 79.1 cm³/mol. The van der Waals surface area contributed by atoms with E-state index in [4.69, 9.17) is 0 Å². The zero-order chi connectivity index (χ0) is 14.7. The Morgan fingerprint density at radius 1 is 1.05 bits per heavy atom. The quantitative estimate of drug-likeness (QED) is 0.862. The molecule has 2 atom stereocenters. The highest BCUT2D eigenvalue weighted by Gasteiger charge is 2.44. The Kier molecular flexibility index (Phi) is 5.06. The summed E-state index contributed by atoms with van der Waals surface area (Å²) >= 11 is 0. The maximum absolute atomic E-state index is 12.6. The minimum atomic E-state index is -0.248. The lowest BCUT2D eigenvalue weighted by Gasteiger charge is -2.37. The van der Waals surface area contributed by atoms with Crippen LogP contribution in [-0.4, -0.2) is 35.8 Å². The Morgan fingerprint density at radius 3 is 2.25 bits per heavy atom. The van der Waals surface area contributed by atoms with Crippen LogP contribution in [0.4, 0.5) is 0 Å². The maximum atomic E-state index is 12.6. The van der Waals surface area contributed by atoms with Crippen LogP contribution in [-0.2, 0) is 9.59 Å². The molecule has 1 saturated heterocycles. The smallest absolute Gasteiger partial charge is 0.242 e. The average Bonchev–Trinajstić information content (AvgIpc) is 2.91. The molecular formula is C16H28N2O2. The summed E-state index contributed by atoms with van der Waals surface area (Å²) < 4.78 is 0. The van der Waals surface area contributed by atoms with Gasteiger partial charge in [0.25, 0.3) is 0 Å². The summed E-state index contributed by atoms with van der Waals surface area (Å²) in [5, 5.41) is 2.72. The van der Waals surface area contributed by atoms with Crippen molar-refractivity contribution < 1.29 is 9.59 Å². The molecule has 1 aliphatic heterocycles. The first kappa shape index (κ1) is 15.3. The van der Waals surface area contributed by atoms with Crippen molar-refractivity contribution in [2.24, 2.45) is 11.8 Å². The van der Waals surface area contributed by atoms with Gasteiger partial charge in [0, 0.05) is 19.0 Å². The highest BCUT2D eigenvalue weighted by molar-refractivity contribution is 5.89. The molecule has 4 nitrogen and oxygen atoms in total. The summed E-state index contributed by atoms with van der Waals surface area (Å²) in [6.07, 6.45) is 8.10. The number of carbonyl (C=O) groups is 2. The van der Waals surface area contributed by atoms with Crippen LogP contribution in [0, 0.1) is 11.8 Å². The zero-order valence-electron chi connectivity index (χ0n) is 13.0. The van der Waals surface area contributed by atoms with Gasteiger partial charge in [-0.05, 0) is 31.6 Å². The molecule has 2 rings (SSSR count). The van der Waals surface area contributed by atoms with Crippen LogP contribution >= 0.6 is 0 Å². The number of rotatable bonds is 3. The lowest BCUT2D eigenvalue weighted by atomic mass is 9.83. The molecule has 1 saturated carbocycles. The van der Waals surface area contributed by atoms with E-state index >= 15 is 0 Å². The first-order chi connectivity index (χ1) is 9.56. The Hall–Kier alpha value is -1.06. The Morgan fingerprint density at radius 2 is 1.70 bits per heavy atom. The second-order valence-corrected chi connectivity index (χ2v) is 6.57. The molecule has 20 heavy (non-hydrogen) atoms. The molecule has 0 aromatic rings. The molecule has 0 radical (unpaired) electrons. The third-order valence-corrected chi connectivity index (χ3v) is 4.92. The largest absolute Gasteiger partial charge is 0.357 e. The van der Waals surface area contributed by atoms with Crippen LogP contribution < -0.4 is 5.32 Å². The number of nitrogens with zero attached hydrogens (tertiary/aromatic N) is 1. The molecule has 0 bridgehead atoms. The van der Waals surface area contributed by atoms with Crippen molar-refractivity contribution in [1.82, 2.24) is 10.2 Å². The fourth-order valence-electron chi connectivity index (χ4n) is 3.86. The number of amides is 2. The van der Waals surface area contributed by atoms with Crippen LogP contribution in [0.1, 0.15) is 58.8 Å². The van der Waals surface area contributed by atoms with E-state index in [9.17, 15) is 9.59 Å². The summed E-state index contributed by atoms with van der Waals surface area (Å²) in [4.78, 5) is 26.6. The van der Waals surface area contributed by atoms with Gasteiger partial charge in [-0.3, -0.25) is 9.59 Å². The summed E-state index contributed by atoms with van der Waals surface area (Å²) in [5.74, 6) is 0.705. The van der Waals surface area contributed by atoms with Crippen LogP contribution in [0.5, 0.6) is 0 Å². The third kappa shape index (κ3) is 2.99. The SMILES string of the molecule is CNC(=O)C1CCC(C2CCCCC2)N1C(=O)C(C)C. The lowest BCUT2D eigenvalue weighted by Crippen LogP contribution is -2.51. The van der Waals surface area contributed by atoms with Crippen molar-refractivity contribution in [1.29, 1.82) is 0 Å². The fraction of sp³-hybridized carbons (Fsp3) is 0.875. The van der Waals surface area contributed by atoms with Gasteiger partial charge in [0.2, 0.25) is 11.8 Å². The number of likely N-dealkylation sites (tertiary alicyclic amines) is 1. The van der Waals surface area contributed by atoms with E-state index in [1.165, 1.54) is 32.1 Å². The molecule has 1 aliphatic carbocycles. The zero-order valence-corrected chi connectivity index (χ0v) is 13.0. The number of likely N-dealkylation sites (N-methyl/N-ethyl adjacent to an activating group) is 1. The maximum Gasteiger partial charge on any atom is 0.242 e. The van der Waals surface area contributed by atoms with E-state index in [1.807, 2.05) is 18.7 Å². The van der Waals surface area contributed by atoms with Crippen LogP contribution in [0.15, 0.2) is 0 Å². The Bertz CT molecular complexity index is 361. The van der Waals surface area contributed by atoms with Crippen molar-refractivity contribution in [3.8, 4) is 0 Å². The second-order valence-electron chi connectivity index (χ2n) is 6.57. The van der Waals surface area contributed by atoms with Gasteiger partial charge in [0.1, 0.15) is 6.04 Å². The standard InChI is InChI=1S/C16H28N2O2/c1-11(2)16(20)18-13(12-7-5-4-6-8-12)9-10-14(18)15(19)17-3/h11-14H,4-10H2,1-3H3,(H,17,19). The van der Waals surface area contributed by atoms with Gasteiger partial charge < -0.3 is 10.2 Å². The number of nitrogens with one attached hydrogen (secondary N) is 1. The fourth-order valence-corrected chi connectivity index (χ4v) is 3.86. The summed E-state index contributed by atoms with van der Waals surface area (Å²) in [6.45, 7) is 3.86. The molecule has 0 aromatic heterocycles. The van der Waals surface area contributed by atoms with Crippen molar-refractivity contribution in [3.05, 3.63) is 0 Å². The van der Waals surface area contributed by atoms with Crippen molar-refractivity contribution >= 4 is 11.8 Å². The van der Waals surface area contributed by atoms with Crippen LogP contribution in [0.25, 0.3) is 0 Å². The third-order valence-electron chi connectivity index (χ3n) is 4.92. The number of carbonyl (C=O) groups excluding carboxylic acids is 2. The Balaban J connectivity index is 2.17. The van der Waals surface area contributed by atoms with Gasteiger partial charge in [-0.2, -0.15) is 0 Å². The topological polar surface area (TPSA) is 49.4 Å². The van der Waals surface area contributed by atoms with E-state index < -0.39 is 0 Å². The average molecular weight is 280 g/mol. The molecule has 1 heterocycles. The van der Waals surface area contributed by atoms with E-state index in [-0.39, 0.29) is 29.8 Å². The predicted octanol–water partition coefficient (Wildman–Crippen LogP) is 2.33. The van der Waals surface area contributed by atoms with Gasteiger partial charge >= 0.3 is 0 Å². The molecule has 114 valence electrons. The first-order valence-corrected chi connectivity index (χ1v) is 8.10. The highest BCUT2D eigenvalue weighted by atomic mass is 16.2. The van der Waals surface area contributed by atoms with E-state index in [0.29, 0.717) is 5.92 Å². The van der Waals surface area contributed by atoms with E-state index in [2.05, 4.69) is 5.32 Å². The lowest BCUT2D eigenvalue weighted by molar-refractivity contribution is -0.144. The molecule has 0 spiro atoms. The molecular weight excluding hydrogens is 252 g/mol. The number of hydrogen-bond acceptors (Lipinski definition) is 2. The monoisotopic (exact) mass is 280 g/mol. The minimum absolute atomic E-state index is 0.00249. The van der Waals surface area contributed by atoms with Crippen LogP contribution in [0.3, 0.4) is 0 Å². The molecule has 1 N–H and O–H groups in total. The van der Waals surface area contributed by atoms with Gasteiger partial charge in [0.05, 0.1) is 0 Å². The minimum Gasteiger partial charge on any atom is -0.357 e. The van der Waals surface area contributed by atoms with Gasteiger partial charge in [-0.1, -0.05) is 33.1 Å². The Labute approximate surface area is 122 Å². The van der Waals surface area contributed by atoms with E-state index in [0.717, 1.165) is 12.8 Å². The molecule has 4 heteroatoms. The van der Waals surface area contributed by atoms with Crippen LogP contribution in [0.2, 0.25) is 0 Å². The number of hydrogen-bond donors (Lipinski definition) is 1. The van der Waals surface area contributed by atoms with Crippen molar-refractivity contribution in [2.75, 3.05) is 7.05 Å². The molecule has 2 amide bonds. The molecule has 2 aliphatic rings. The van der Waals surface area contributed by atoms with E-state index in [1.54, 1.807) is 7.05 Å². The first-order valence-electron chi connectivity index (χ1n) is 8.10. The molecule has 2 fully saturated rings. The van der Waals surface area contributed by atoms with Crippen molar-refractivity contribution in [2.45, 2.75) is 70.9 Å². The summed E-state index contributed by atoms with van der Waals surface area (Å²) in [5.41, 5.74) is 0. The summed E-state index contributed by atoms with van der Waals surface area (Å²) in [7, 11) is 1.66.